The van der Waals surface area contributed by atoms with E-state index in [1.165, 1.54) is 10.8 Å². The molecule has 8 nitrogen and oxygen atoms in total. The fourth-order valence-corrected chi connectivity index (χ4v) is 2.85. The number of aryl methyl sites for hydroxylation is 1. The Morgan fingerprint density at radius 2 is 2.17 bits per heavy atom. The molecule has 0 aliphatic heterocycles. The predicted molar refractivity (Wildman–Crippen MR) is 91.1 cm³/mol. The highest BCUT2D eigenvalue weighted by molar-refractivity contribution is 6.32. The van der Waals surface area contributed by atoms with Gasteiger partial charge in [0.2, 0.25) is 0 Å². The van der Waals surface area contributed by atoms with Crippen LogP contribution in [0.2, 0.25) is 5.02 Å². The van der Waals surface area contributed by atoms with Gasteiger partial charge in [0.1, 0.15) is 5.39 Å². The van der Waals surface area contributed by atoms with E-state index in [0.717, 1.165) is 0 Å². The van der Waals surface area contributed by atoms with Crippen LogP contribution in [0.15, 0.2) is 41.7 Å². The first kappa shape index (κ1) is 14.5. The minimum Gasteiger partial charge on any atom is -0.382 e. The maximum atomic E-state index is 12.9. The molecule has 120 valence electrons. The molecular weight excluding hydrogens is 330 g/mol. The molecule has 0 saturated heterocycles. The molecule has 4 heterocycles. The van der Waals surface area contributed by atoms with Gasteiger partial charge in [-0.1, -0.05) is 11.6 Å². The van der Waals surface area contributed by atoms with E-state index < -0.39 is 0 Å². The molecule has 0 saturated carbocycles. The summed E-state index contributed by atoms with van der Waals surface area (Å²) < 4.78 is 3.11. The van der Waals surface area contributed by atoms with Crippen molar-refractivity contribution >= 4 is 28.3 Å². The lowest BCUT2D eigenvalue weighted by Gasteiger charge is -2.10. The summed E-state index contributed by atoms with van der Waals surface area (Å²) in [4.78, 5) is 16.8. The number of nitrogens with two attached hydrogens (primary N) is 1. The number of nitrogens with zero attached hydrogens (tertiary/aromatic N) is 5. The SMILES string of the molecule is Cn1ccc(-c2cn(-c3ccncc3Cl)c(=O)c3c(N)n[nH]c23)n1. The Balaban J connectivity index is 2.12. The molecule has 4 rings (SSSR count). The summed E-state index contributed by atoms with van der Waals surface area (Å²) in [5.74, 6) is 0.131. The monoisotopic (exact) mass is 341 g/mol. The first-order valence-electron chi connectivity index (χ1n) is 7.05. The third-order valence-corrected chi connectivity index (χ3v) is 4.05. The van der Waals surface area contributed by atoms with Gasteiger partial charge in [-0.15, -0.1) is 0 Å². The fourth-order valence-electron chi connectivity index (χ4n) is 2.64. The van der Waals surface area contributed by atoms with E-state index in [-0.39, 0.29) is 11.4 Å². The standard InChI is InChI=1S/C15H12ClN7O/c1-22-5-3-10(21-22)8-7-23(11-2-4-18-6-9(11)16)15(24)12-13(8)19-20-14(12)17/h2-7H,1H3,(H3,17,19,20). The van der Waals surface area contributed by atoms with Gasteiger partial charge in [0.15, 0.2) is 5.82 Å². The second-order valence-electron chi connectivity index (χ2n) is 5.28. The number of nitrogen functional groups attached to an aromatic ring is 1. The number of H-pyrrole nitrogens is 1. The van der Waals surface area contributed by atoms with E-state index >= 15 is 0 Å². The number of anilines is 1. The maximum Gasteiger partial charge on any atom is 0.268 e. The Labute approximate surface area is 140 Å². The van der Waals surface area contributed by atoms with Gasteiger partial charge in [0.25, 0.3) is 5.56 Å². The van der Waals surface area contributed by atoms with Crippen molar-refractivity contribution in [3.63, 3.8) is 0 Å². The molecule has 4 aromatic heterocycles. The molecule has 0 unspecified atom stereocenters. The lowest BCUT2D eigenvalue weighted by Crippen LogP contribution is -2.19. The molecule has 0 aliphatic carbocycles. The van der Waals surface area contributed by atoms with Crippen LogP contribution in [0.3, 0.4) is 0 Å². The van der Waals surface area contributed by atoms with Gasteiger partial charge >= 0.3 is 0 Å². The second-order valence-corrected chi connectivity index (χ2v) is 5.69. The zero-order valence-corrected chi connectivity index (χ0v) is 13.3. The first-order chi connectivity index (χ1) is 11.6. The first-order valence-corrected chi connectivity index (χ1v) is 7.43. The highest BCUT2D eigenvalue weighted by Crippen LogP contribution is 2.28. The Morgan fingerprint density at radius 3 is 2.88 bits per heavy atom. The lowest BCUT2D eigenvalue weighted by atomic mass is 10.1. The van der Waals surface area contributed by atoms with Crippen LogP contribution in [0.25, 0.3) is 27.8 Å². The average molecular weight is 342 g/mol. The van der Waals surface area contributed by atoms with Gasteiger partial charge in [0.05, 0.1) is 21.9 Å². The maximum absolute atomic E-state index is 12.9. The number of pyridine rings is 2. The van der Waals surface area contributed by atoms with Crippen LogP contribution in [-0.2, 0) is 7.05 Å². The van der Waals surface area contributed by atoms with E-state index in [4.69, 9.17) is 17.3 Å². The third-order valence-electron chi connectivity index (χ3n) is 3.75. The summed E-state index contributed by atoms with van der Waals surface area (Å²) in [6, 6.07) is 3.50. The van der Waals surface area contributed by atoms with Crippen LogP contribution in [0.1, 0.15) is 0 Å². The number of fused-ring (bicyclic) bond motifs is 1. The van der Waals surface area contributed by atoms with Crippen LogP contribution in [0.5, 0.6) is 0 Å². The van der Waals surface area contributed by atoms with E-state index in [1.807, 2.05) is 19.3 Å². The minimum atomic E-state index is -0.316. The smallest absolute Gasteiger partial charge is 0.268 e. The summed E-state index contributed by atoms with van der Waals surface area (Å²) in [7, 11) is 1.82. The van der Waals surface area contributed by atoms with E-state index in [0.29, 0.717) is 32.9 Å². The molecule has 0 spiro atoms. The molecule has 0 aromatic carbocycles. The summed E-state index contributed by atoms with van der Waals surface area (Å²) in [6.45, 7) is 0. The molecule has 24 heavy (non-hydrogen) atoms. The molecule has 0 bridgehead atoms. The van der Waals surface area contributed by atoms with Gasteiger partial charge in [-0.2, -0.15) is 10.2 Å². The van der Waals surface area contributed by atoms with Crippen molar-refractivity contribution < 1.29 is 0 Å². The molecule has 0 radical (unpaired) electrons. The molecule has 9 heteroatoms. The van der Waals surface area contributed by atoms with Crippen LogP contribution < -0.4 is 11.3 Å². The van der Waals surface area contributed by atoms with Crippen LogP contribution in [-0.4, -0.2) is 29.5 Å². The number of nitrogens with one attached hydrogen (secondary N) is 1. The zero-order chi connectivity index (χ0) is 16.8. The molecule has 0 atom stereocenters. The zero-order valence-electron chi connectivity index (χ0n) is 12.6. The van der Waals surface area contributed by atoms with E-state index in [2.05, 4.69) is 20.3 Å². The van der Waals surface area contributed by atoms with E-state index in [9.17, 15) is 4.79 Å². The van der Waals surface area contributed by atoms with Gasteiger partial charge < -0.3 is 5.73 Å². The van der Waals surface area contributed by atoms with Crippen molar-refractivity contribution in [1.82, 2.24) is 29.5 Å². The number of aromatic nitrogens is 6. The van der Waals surface area contributed by atoms with Crippen LogP contribution in [0.4, 0.5) is 5.82 Å². The molecular formula is C15H12ClN7O. The highest BCUT2D eigenvalue weighted by Gasteiger charge is 2.18. The van der Waals surface area contributed by atoms with Gasteiger partial charge in [0, 0.05) is 37.4 Å². The fraction of sp³-hybridized carbons (Fsp3) is 0.0667. The van der Waals surface area contributed by atoms with Gasteiger partial charge in [-0.3, -0.25) is 24.1 Å². The quantitative estimate of drug-likeness (QED) is 0.577. The normalized spacial score (nSPS) is 11.2. The number of hydrogen-bond acceptors (Lipinski definition) is 5. The third kappa shape index (κ3) is 2.08. The largest absolute Gasteiger partial charge is 0.382 e. The van der Waals surface area contributed by atoms with Gasteiger partial charge in [-0.25, -0.2) is 0 Å². The van der Waals surface area contributed by atoms with E-state index in [1.54, 1.807) is 23.1 Å². The topological polar surface area (TPSA) is 107 Å². The highest BCUT2D eigenvalue weighted by atomic mass is 35.5. The van der Waals surface area contributed by atoms with Crippen molar-refractivity contribution in [1.29, 1.82) is 0 Å². The average Bonchev–Trinajstić information content (AvgIpc) is 3.16. The summed E-state index contributed by atoms with van der Waals surface area (Å²) in [5, 5.41) is 11.8. The summed E-state index contributed by atoms with van der Waals surface area (Å²) in [6.07, 6.45) is 6.53. The Kier molecular flexibility index (Phi) is 3.14. The lowest BCUT2D eigenvalue weighted by molar-refractivity contribution is 0.770. The number of hydrogen-bond donors (Lipinski definition) is 2. The predicted octanol–water partition coefficient (Wildman–Crippen LogP) is 1.74. The second kappa shape index (κ2) is 5.20. The van der Waals surface area contributed by atoms with Crippen LogP contribution in [0, 0.1) is 0 Å². The van der Waals surface area contributed by atoms with Crippen LogP contribution >= 0.6 is 11.6 Å². The van der Waals surface area contributed by atoms with Crippen molar-refractivity contribution in [3.05, 3.63) is 52.3 Å². The van der Waals surface area contributed by atoms with Crippen molar-refractivity contribution in [2.75, 3.05) is 5.73 Å². The summed E-state index contributed by atoms with van der Waals surface area (Å²) in [5.41, 5.74) is 8.00. The molecule has 0 aliphatic rings. The van der Waals surface area contributed by atoms with Crippen molar-refractivity contribution in [2.45, 2.75) is 0 Å². The number of aromatic amines is 1. The van der Waals surface area contributed by atoms with Crippen molar-refractivity contribution in [3.8, 4) is 16.9 Å². The van der Waals surface area contributed by atoms with Gasteiger partial charge in [-0.05, 0) is 12.1 Å². The number of rotatable bonds is 2. The Hall–Kier alpha value is -3.13. The van der Waals surface area contributed by atoms with Crippen molar-refractivity contribution in [2.24, 2.45) is 7.05 Å². The Bertz CT molecular complexity index is 1120. The molecule has 0 amide bonds. The molecule has 0 fully saturated rings. The number of halogens is 1. The molecule has 4 aromatic rings. The molecule has 3 N–H and O–H groups in total. The summed E-state index contributed by atoms with van der Waals surface area (Å²) >= 11 is 6.20. The minimum absolute atomic E-state index is 0.131. The Morgan fingerprint density at radius 1 is 1.33 bits per heavy atom.